The quantitative estimate of drug-likeness (QED) is 0.672. The van der Waals surface area contributed by atoms with Crippen molar-refractivity contribution in [3.05, 3.63) is 35.9 Å². The van der Waals surface area contributed by atoms with Gasteiger partial charge in [0.2, 0.25) is 0 Å². The zero-order chi connectivity index (χ0) is 17.4. The van der Waals surface area contributed by atoms with Gasteiger partial charge in [-0.15, -0.1) is 0 Å². The third-order valence-corrected chi connectivity index (χ3v) is 4.63. The molecule has 2 amide bonds. The molecule has 1 aliphatic rings. The molecule has 1 aliphatic heterocycles. The van der Waals surface area contributed by atoms with Crippen molar-refractivity contribution < 1.29 is 19.1 Å². The lowest BCUT2D eigenvalue weighted by Crippen LogP contribution is -2.34. The van der Waals surface area contributed by atoms with Crippen LogP contribution in [0.1, 0.15) is 18.9 Å². The molecule has 0 bridgehead atoms. The van der Waals surface area contributed by atoms with E-state index in [2.05, 4.69) is 0 Å². The molecule has 0 radical (unpaired) electrons. The van der Waals surface area contributed by atoms with Crippen molar-refractivity contribution in [1.82, 2.24) is 9.80 Å². The second kappa shape index (κ2) is 9.32. The summed E-state index contributed by atoms with van der Waals surface area (Å²) in [5, 5.41) is -0.00102. The number of carbonyl (C=O) groups is 3. The zero-order valence-corrected chi connectivity index (χ0v) is 14.6. The predicted octanol–water partition coefficient (Wildman–Crippen LogP) is 2.14. The lowest BCUT2D eigenvalue weighted by atomic mass is 10.2. The minimum absolute atomic E-state index is 0.00102. The number of esters is 1. The van der Waals surface area contributed by atoms with Gasteiger partial charge in [0, 0.05) is 31.9 Å². The minimum atomic E-state index is -0.455. The Bertz CT molecular complexity index is 579. The smallest absolute Gasteiger partial charge is 0.308 e. The number of hydrogen-bond acceptors (Lipinski definition) is 5. The molecular formula is C17H22N2O4S. The molecule has 0 saturated carbocycles. The van der Waals surface area contributed by atoms with Crippen LogP contribution in [0.15, 0.2) is 30.3 Å². The number of carbonyl (C=O) groups excluding carboxylic acids is 3. The summed E-state index contributed by atoms with van der Waals surface area (Å²) in [4.78, 5) is 38.6. The molecule has 6 nitrogen and oxygen atoms in total. The molecule has 0 atom stereocenters. The van der Waals surface area contributed by atoms with Crippen LogP contribution in [-0.4, -0.2) is 58.9 Å². The summed E-state index contributed by atoms with van der Waals surface area (Å²) in [6, 6.07) is 9.67. The summed E-state index contributed by atoms with van der Waals surface area (Å²) < 4.78 is 5.04. The van der Waals surface area contributed by atoms with Crippen LogP contribution in [0.25, 0.3) is 0 Å². The number of nitrogens with zero attached hydrogens (tertiary/aromatic N) is 2. The second-order valence-corrected chi connectivity index (χ2v) is 6.45. The lowest BCUT2D eigenvalue weighted by molar-refractivity contribution is -0.152. The average molecular weight is 350 g/mol. The SMILES string of the molecule is CCN(Cc1ccccc1)C(=O)COC(=O)CCN1CCSC1=O. The van der Waals surface area contributed by atoms with Gasteiger partial charge in [-0.05, 0) is 12.5 Å². The fourth-order valence-electron chi connectivity index (χ4n) is 2.34. The topological polar surface area (TPSA) is 66.9 Å². The number of thioether (sulfide) groups is 1. The molecule has 0 aromatic heterocycles. The van der Waals surface area contributed by atoms with Crippen LogP contribution in [0.4, 0.5) is 4.79 Å². The highest BCUT2D eigenvalue weighted by atomic mass is 32.2. The van der Waals surface area contributed by atoms with Crippen molar-refractivity contribution in [3.63, 3.8) is 0 Å². The summed E-state index contributed by atoms with van der Waals surface area (Å²) >= 11 is 1.26. The van der Waals surface area contributed by atoms with Crippen LogP contribution in [0, 0.1) is 0 Å². The van der Waals surface area contributed by atoms with Gasteiger partial charge in [-0.2, -0.15) is 0 Å². The fraction of sp³-hybridized carbons (Fsp3) is 0.471. The third kappa shape index (κ3) is 5.56. The number of hydrogen-bond donors (Lipinski definition) is 0. The molecule has 1 fully saturated rings. The maximum Gasteiger partial charge on any atom is 0.308 e. The molecule has 130 valence electrons. The third-order valence-electron chi connectivity index (χ3n) is 3.74. The average Bonchev–Trinajstić information content (AvgIpc) is 3.01. The van der Waals surface area contributed by atoms with E-state index >= 15 is 0 Å². The van der Waals surface area contributed by atoms with E-state index in [-0.39, 0.29) is 24.2 Å². The van der Waals surface area contributed by atoms with Crippen molar-refractivity contribution in [1.29, 1.82) is 0 Å². The van der Waals surface area contributed by atoms with Crippen molar-refractivity contribution in [2.75, 3.05) is 32.0 Å². The van der Waals surface area contributed by atoms with E-state index in [4.69, 9.17) is 4.74 Å². The molecule has 24 heavy (non-hydrogen) atoms. The van der Waals surface area contributed by atoms with Gasteiger partial charge in [-0.1, -0.05) is 42.1 Å². The Balaban J connectivity index is 1.72. The Kier molecular flexibility index (Phi) is 7.11. The summed E-state index contributed by atoms with van der Waals surface area (Å²) in [6.45, 7) is 3.68. The molecule has 2 rings (SSSR count). The standard InChI is InChI=1S/C17H22N2O4S/c1-2-18(12-14-6-4-3-5-7-14)15(20)13-23-16(21)8-9-19-10-11-24-17(19)22/h3-7H,2,8-13H2,1H3. The van der Waals surface area contributed by atoms with Crippen molar-refractivity contribution in [3.8, 4) is 0 Å². The molecular weight excluding hydrogens is 328 g/mol. The molecule has 0 spiro atoms. The molecule has 1 aromatic rings. The molecule has 0 unspecified atom stereocenters. The number of rotatable bonds is 8. The highest BCUT2D eigenvalue weighted by Gasteiger charge is 2.22. The first kappa shape index (κ1) is 18.3. The van der Waals surface area contributed by atoms with E-state index in [0.717, 1.165) is 11.3 Å². The van der Waals surface area contributed by atoms with E-state index in [1.807, 2.05) is 37.3 Å². The summed E-state index contributed by atoms with van der Waals surface area (Å²) in [5.74, 6) is 0.0865. The van der Waals surface area contributed by atoms with E-state index in [1.165, 1.54) is 11.8 Å². The molecule has 7 heteroatoms. The number of likely N-dealkylation sites (N-methyl/N-ethyl adjacent to an activating group) is 1. The van der Waals surface area contributed by atoms with E-state index in [9.17, 15) is 14.4 Å². The summed E-state index contributed by atoms with van der Waals surface area (Å²) in [5.41, 5.74) is 1.03. The van der Waals surface area contributed by atoms with Gasteiger partial charge in [0.25, 0.3) is 11.1 Å². The Morgan fingerprint density at radius 2 is 2.04 bits per heavy atom. The molecule has 0 N–H and O–H groups in total. The van der Waals surface area contributed by atoms with E-state index < -0.39 is 5.97 Å². The monoisotopic (exact) mass is 350 g/mol. The van der Waals surface area contributed by atoms with E-state index in [1.54, 1.807) is 9.80 Å². The summed E-state index contributed by atoms with van der Waals surface area (Å²) in [7, 11) is 0. The Hall–Kier alpha value is -2.02. The van der Waals surface area contributed by atoms with Crippen LogP contribution >= 0.6 is 11.8 Å². The highest BCUT2D eigenvalue weighted by molar-refractivity contribution is 8.13. The van der Waals surface area contributed by atoms with Crippen LogP contribution in [0.2, 0.25) is 0 Å². The first-order chi connectivity index (χ1) is 11.6. The first-order valence-corrected chi connectivity index (χ1v) is 8.97. The van der Waals surface area contributed by atoms with Crippen molar-refractivity contribution in [2.45, 2.75) is 19.9 Å². The molecule has 0 aliphatic carbocycles. The van der Waals surface area contributed by atoms with Crippen LogP contribution in [0.3, 0.4) is 0 Å². The normalized spacial score (nSPS) is 13.9. The van der Waals surface area contributed by atoms with Gasteiger partial charge in [-0.3, -0.25) is 14.4 Å². The lowest BCUT2D eigenvalue weighted by Gasteiger charge is -2.21. The van der Waals surface area contributed by atoms with Gasteiger partial charge in [-0.25, -0.2) is 0 Å². The molecule has 1 aromatic carbocycles. The largest absolute Gasteiger partial charge is 0.456 e. The molecule has 1 saturated heterocycles. The summed E-state index contributed by atoms with van der Waals surface area (Å²) in [6.07, 6.45) is 0.115. The number of amides is 2. The Morgan fingerprint density at radius 3 is 2.67 bits per heavy atom. The van der Waals surface area contributed by atoms with Crippen LogP contribution in [0.5, 0.6) is 0 Å². The van der Waals surface area contributed by atoms with Gasteiger partial charge >= 0.3 is 5.97 Å². The van der Waals surface area contributed by atoms with E-state index in [0.29, 0.717) is 26.2 Å². The first-order valence-electron chi connectivity index (χ1n) is 7.99. The van der Waals surface area contributed by atoms with Crippen molar-refractivity contribution in [2.24, 2.45) is 0 Å². The van der Waals surface area contributed by atoms with Gasteiger partial charge < -0.3 is 14.5 Å². The maximum absolute atomic E-state index is 12.2. The predicted molar refractivity (Wildman–Crippen MR) is 92.5 cm³/mol. The highest BCUT2D eigenvalue weighted by Crippen LogP contribution is 2.17. The molecule has 1 heterocycles. The number of benzene rings is 1. The number of ether oxygens (including phenoxy) is 1. The Morgan fingerprint density at radius 1 is 1.29 bits per heavy atom. The van der Waals surface area contributed by atoms with Gasteiger partial charge in [0.1, 0.15) is 0 Å². The van der Waals surface area contributed by atoms with Crippen LogP contribution in [-0.2, 0) is 20.9 Å². The Labute approximate surface area is 146 Å². The second-order valence-electron chi connectivity index (χ2n) is 5.41. The van der Waals surface area contributed by atoms with Gasteiger partial charge in [0.05, 0.1) is 6.42 Å². The zero-order valence-electron chi connectivity index (χ0n) is 13.8. The van der Waals surface area contributed by atoms with Gasteiger partial charge in [0.15, 0.2) is 6.61 Å². The fourth-order valence-corrected chi connectivity index (χ4v) is 3.19. The maximum atomic E-state index is 12.2. The van der Waals surface area contributed by atoms with Crippen molar-refractivity contribution >= 4 is 28.9 Å². The minimum Gasteiger partial charge on any atom is -0.456 e. The van der Waals surface area contributed by atoms with Crippen LogP contribution < -0.4 is 0 Å².